The molecule has 2 saturated heterocycles. The monoisotopic (exact) mass is 498 g/mol. The fourth-order valence-electron chi connectivity index (χ4n) is 4.42. The normalized spacial score (nSPS) is 17.2. The SMILES string of the molecule is N#Cc1c(F)cccc1N1CCN(C(=O)C2CCN(C(=O)c3ccc(Br)cc3)CC2)CC1. The third-order valence-corrected chi connectivity index (χ3v) is 6.79. The van der Waals surface area contributed by atoms with Gasteiger partial charge in [0.05, 0.1) is 5.69 Å². The number of amides is 2. The van der Waals surface area contributed by atoms with Crippen LogP contribution >= 0.6 is 15.9 Å². The minimum absolute atomic E-state index is 0.000374. The van der Waals surface area contributed by atoms with Gasteiger partial charge in [-0.25, -0.2) is 4.39 Å². The Balaban J connectivity index is 1.30. The van der Waals surface area contributed by atoms with Crippen LogP contribution in [0.5, 0.6) is 0 Å². The van der Waals surface area contributed by atoms with Crippen molar-refractivity contribution in [2.45, 2.75) is 12.8 Å². The molecule has 0 saturated carbocycles. The summed E-state index contributed by atoms with van der Waals surface area (Å²) < 4.78 is 14.9. The second kappa shape index (κ2) is 9.70. The van der Waals surface area contributed by atoms with E-state index in [1.54, 1.807) is 24.3 Å². The third kappa shape index (κ3) is 4.63. The summed E-state index contributed by atoms with van der Waals surface area (Å²) in [6.45, 7) is 3.34. The molecule has 6 nitrogen and oxygen atoms in total. The summed E-state index contributed by atoms with van der Waals surface area (Å²) in [4.78, 5) is 31.4. The fourth-order valence-corrected chi connectivity index (χ4v) is 4.68. The molecule has 32 heavy (non-hydrogen) atoms. The maximum Gasteiger partial charge on any atom is 0.253 e. The van der Waals surface area contributed by atoms with Crippen LogP contribution in [0.25, 0.3) is 0 Å². The zero-order valence-corrected chi connectivity index (χ0v) is 19.2. The van der Waals surface area contributed by atoms with Crippen LogP contribution in [0.1, 0.15) is 28.8 Å². The second-order valence-corrected chi connectivity index (χ2v) is 9.05. The van der Waals surface area contributed by atoms with Gasteiger partial charge in [0.25, 0.3) is 5.91 Å². The lowest BCUT2D eigenvalue weighted by Gasteiger charge is -2.39. The first-order valence-corrected chi connectivity index (χ1v) is 11.5. The van der Waals surface area contributed by atoms with E-state index >= 15 is 0 Å². The zero-order chi connectivity index (χ0) is 22.7. The zero-order valence-electron chi connectivity index (χ0n) is 17.6. The number of anilines is 1. The van der Waals surface area contributed by atoms with Gasteiger partial charge in [0.2, 0.25) is 5.91 Å². The van der Waals surface area contributed by atoms with Crippen molar-refractivity contribution in [2.24, 2.45) is 5.92 Å². The maximum atomic E-state index is 13.9. The van der Waals surface area contributed by atoms with Gasteiger partial charge >= 0.3 is 0 Å². The fraction of sp³-hybridized carbons (Fsp3) is 0.375. The molecule has 0 unspecified atom stereocenters. The van der Waals surface area contributed by atoms with E-state index in [0.717, 1.165) is 4.47 Å². The molecule has 0 spiro atoms. The molecule has 166 valence electrons. The summed E-state index contributed by atoms with van der Waals surface area (Å²) in [5.74, 6) is -0.479. The number of nitrogens with zero attached hydrogens (tertiary/aromatic N) is 4. The highest BCUT2D eigenvalue weighted by Gasteiger charge is 2.32. The number of hydrogen-bond donors (Lipinski definition) is 0. The standard InChI is InChI=1S/C24H24BrFN4O2/c25-19-6-4-17(5-7-19)23(31)29-10-8-18(9-11-29)24(32)30-14-12-28(13-15-30)22-3-1-2-21(26)20(22)16-27/h1-7,18H,8-15H2. The van der Waals surface area contributed by atoms with Gasteiger partial charge in [-0.1, -0.05) is 22.0 Å². The van der Waals surface area contributed by atoms with Gasteiger partial charge in [0.15, 0.2) is 0 Å². The summed E-state index contributed by atoms with van der Waals surface area (Å²) in [5.41, 5.74) is 1.29. The molecular weight excluding hydrogens is 475 g/mol. The van der Waals surface area contributed by atoms with Crippen molar-refractivity contribution < 1.29 is 14.0 Å². The molecule has 0 radical (unpaired) electrons. The average molecular weight is 499 g/mol. The molecule has 2 heterocycles. The Morgan fingerprint density at radius 1 is 0.938 bits per heavy atom. The van der Waals surface area contributed by atoms with Gasteiger partial charge in [0, 0.05) is 55.2 Å². The van der Waals surface area contributed by atoms with Gasteiger partial charge in [-0.15, -0.1) is 0 Å². The number of benzene rings is 2. The summed E-state index contributed by atoms with van der Waals surface area (Å²) in [7, 11) is 0. The molecule has 2 aliphatic rings. The lowest BCUT2D eigenvalue weighted by molar-refractivity contribution is -0.137. The quantitative estimate of drug-likeness (QED) is 0.647. The number of carbonyl (C=O) groups is 2. The van der Waals surface area contributed by atoms with E-state index in [2.05, 4.69) is 15.9 Å². The van der Waals surface area contributed by atoms with E-state index in [1.165, 1.54) is 6.07 Å². The number of carbonyl (C=O) groups excluding carboxylic acids is 2. The van der Waals surface area contributed by atoms with Crippen LogP contribution in [0, 0.1) is 23.1 Å². The Morgan fingerprint density at radius 3 is 2.22 bits per heavy atom. The minimum Gasteiger partial charge on any atom is -0.367 e. The van der Waals surface area contributed by atoms with E-state index in [0.29, 0.717) is 63.4 Å². The predicted molar refractivity (Wildman–Crippen MR) is 123 cm³/mol. The minimum atomic E-state index is -0.520. The lowest BCUT2D eigenvalue weighted by Crippen LogP contribution is -2.52. The van der Waals surface area contributed by atoms with Gasteiger partial charge < -0.3 is 14.7 Å². The van der Waals surface area contributed by atoms with Gasteiger partial charge in [0.1, 0.15) is 17.4 Å². The number of rotatable bonds is 3. The molecule has 0 N–H and O–H groups in total. The summed E-state index contributed by atoms with van der Waals surface area (Å²) in [6, 6.07) is 13.9. The molecule has 2 amide bonds. The molecule has 0 aromatic heterocycles. The first kappa shape index (κ1) is 22.3. The van der Waals surface area contributed by atoms with Crippen LogP contribution in [0.3, 0.4) is 0 Å². The molecule has 2 aromatic rings. The van der Waals surface area contributed by atoms with Crippen molar-refractivity contribution in [3.8, 4) is 6.07 Å². The Hall–Kier alpha value is -2.92. The van der Waals surface area contributed by atoms with Crippen molar-refractivity contribution in [3.05, 3.63) is 63.9 Å². The van der Waals surface area contributed by atoms with Crippen LogP contribution in [-0.2, 0) is 4.79 Å². The number of halogens is 2. The molecule has 2 aromatic carbocycles. The first-order chi connectivity index (χ1) is 15.5. The van der Waals surface area contributed by atoms with Crippen molar-refractivity contribution in [3.63, 3.8) is 0 Å². The number of piperazine rings is 1. The van der Waals surface area contributed by atoms with Gasteiger partial charge in [-0.2, -0.15) is 5.26 Å². The van der Waals surface area contributed by atoms with E-state index in [-0.39, 0.29) is 23.3 Å². The van der Waals surface area contributed by atoms with Crippen molar-refractivity contribution in [2.75, 3.05) is 44.2 Å². The average Bonchev–Trinajstić information content (AvgIpc) is 2.83. The highest BCUT2D eigenvalue weighted by Crippen LogP contribution is 2.26. The molecule has 0 aliphatic carbocycles. The highest BCUT2D eigenvalue weighted by molar-refractivity contribution is 9.10. The molecule has 4 rings (SSSR count). The lowest BCUT2D eigenvalue weighted by atomic mass is 9.94. The van der Waals surface area contributed by atoms with E-state index in [9.17, 15) is 19.2 Å². The number of nitriles is 1. The van der Waals surface area contributed by atoms with Crippen LogP contribution < -0.4 is 4.90 Å². The predicted octanol–water partition coefficient (Wildman–Crippen LogP) is 3.66. The van der Waals surface area contributed by atoms with E-state index in [4.69, 9.17) is 0 Å². The second-order valence-electron chi connectivity index (χ2n) is 8.13. The highest BCUT2D eigenvalue weighted by atomic mass is 79.9. The van der Waals surface area contributed by atoms with Crippen molar-refractivity contribution in [1.29, 1.82) is 5.26 Å². The third-order valence-electron chi connectivity index (χ3n) is 6.26. The van der Waals surface area contributed by atoms with Crippen molar-refractivity contribution >= 4 is 33.4 Å². The molecule has 8 heteroatoms. The summed E-state index contributed by atoms with van der Waals surface area (Å²) in [5, 5.41) is 9.27. The number of likely N-dealkylation sites (tertiary alicyclic amines) is 1. The van der Waals surface area contributed by atoms with Crippen LogP contribution in [0.15, 0.2) is 46.9 Å². The van der Waals surface area contributed by atoms with Gasteiger partial charge in [-0.05, 0) is 49.2 Å². The Morgan fingerprint density at radius 2 is 1.59 bits per heavy atom. The summed E-state index contributed by atoms with van der Waals surface area (Å²) in [6.07, 6.45) is 1.31. The summed E-state index contributed by atoms with van der Waals surface area (Å²) >= 11 is 3.38. The maximum absolute atomic E-state index is 13.9. The van der Waals surface area contributed by atoms with Crippen molar-refractivity contribution in [1.82, 2.24) is 9.80 Å². The van der Waals surface area contributed by atoms with E-state index in [1.807, 2.05) is 32.9 Å². The first-order valence-electron chi connectivity index (χ1n) is 10.7. The molecule has 2 aliphatic heterocycles. The Bertz CT molecular complexity index is 1040. The van der Waals surface area contributed by atoms with Crippen LogP contribution in [0.2, 0.25) is 0 Å². The molecule has 2 fully saturated rings. The van der Waals surface area contributed by atoms with Crippen LogP contribution in [-0.4, -0.2) is 60.9 Å². The number of piperidine rings is 1. The van der Waals surface area contributed by atoms with E-state index < -0.39 is 5.82 Å². The van der Waals surface area contributed by atoms with Crippen LogP contribution in [0.4, 0.5) is 10.1 Å². The Labute approximate surface area is 195 Å². The smallest absolute Gasteiger partial charge is 0.253 e. The molecular formula is C24H24BrFN4O2. The van der Waals surface area contributed by atoms with Gasteiger partial charge in [-0.3, -0.25) is 9.59 Å². The largest absolute Gasteiger partial charge is 0.367 e. The number of hydrogen-bond acceptors (Lipinski definition) is 4. The topological polar surface area (TPSA) is 67.7 Å². The molecule has 0 bridgehead atoms. The Kier molecular flexibility index (Phi) is 6.75. The molecule has 0 atom stereocenters.